The first kappa shape index (κ1) is 13.2. The molecule has 58 valence electrons. The van der Waals surface area contributed by atoms with Gasteiger partial charge < -0.3 is 9.84 Å². The normalized spacial score (nSPS) is 8.82. The summed E-state index contributed by atoms with van der Waals surface area (Å²) in [4.78, 5) is 20.2. The number of carbonyl (C=O) groups excluding carboxylic acids is 1. The molecule has 0 heterocycles. The van der Waals surface area contributed by atoms with Crippen molar-refractivity contribution >= 4 is 11.9 Å². The summed E-state index contributed by atoms with van der Waals surface area (Å²) in [6, 6.07) is 0. The van der Waals surface area contributed by atoms with Gasteiger partial charge in [0.15, 0.2) is 0 Å². The second-order valence-corrected chi connectivity index (χ2v) is 1.42. The topological polar surface area (TPSA) is 63.6 Å². The molecule has 0 atom stereocenters. The van der Waals surface area contributed by atoms with E-state index in [0.29, 0.717) is 0 Å². The van der Waals surface area contributed by atoms with E-state index < -0.39 is 11.9 Å². The molecule has 4 nitrogen and oxygen atoms in total. The van der Waals surface area contributed by atoms with Crippen LogP contribution in [-0.4, -0.2) is 23.7 Å². The molecule has 0 spiro atoms. The van der Waals surface area contributed by atoms with E-state index in [1.165, 1.54) is 0 Å². The van der Waals surface area contributed by atoms with Gasteiger partial charge in [0, 0.05) is 39.5 Å². The third-order valence-electron chi connectivity index (χ3n) is 0.649. The molecule has 0 amide bonds. The van der Waals surface area contributed by atoms with Gasteiger partial charge in [0.1, 0.15) is 0 Å². The molecule has 11 heavy (non-hydrogen) atoms. The largest absolute Gasteiger partial charge is 0.478 e. The molecule has 0 aromatic rings. The van der Waals surface area contributed by atoms with Crippen molar-refractivity contribution in [1.29, 1.82) is 0 Å². The van der Waals surface area contributed by atoms with Gasteiger partial charge in [-0.2, -0.15) is 0 Å². The molecule has 0 radical (unpaired) electrons. The van der Waals surface area contributed by atoms with E-state index in [1.807, 2.05) is 0 Å². The minimum Gasteiger partial charge on any atom is -0.478 e. The van der Waals surface area contributed by atoms with Crippen molar-refractivity contribution in [3.8, 4) is 0 Å². The Morgan fingerprint density at radius 2 is 2.00 bits per heavy atom. The number of hydrogen-bond acceptors (Lipinski definition) is 3. The van der Waals surface area contributed by atoms with Crippen LogP contribution in [0.25, 0.3) is 0 Å². The van der Waals surface area contributed by atoms with E-state index in [4.69, 9.17) is 5.11 Å². The third kappa shape index (κ3) is 9.60. The van der Waals surface area contributed by atoms with E-state index >= 15 is 0 Å². The molecule has 0 saturated heterocycles. The van der Waals surface area contributed by atoms with Crippen LogP contribution in [0.15, 0.2) is 12.2 Å². The van der Waals surface area contributed by atoms with Crippen molar-refractivity contribution in [2.75, 3.05) is 6.61 Å². The first-order valence-corrected chi connectivity index (χ1v) is 2.74. The molecule has 0 aliphatic carbocycles. The SMILES string of the molecule is CCOC(=O)/C=C\C(=O)O.[Cd]. The summed E-state index contributed by atoms with van der Waals surface area (Å²) in [5.41, 5.74) is 0. The van der Waals surface area contributed by atoms with Gasteiger partial charge in [-0.25, -0.2) is 9.59 Å². The van der Waals surface area contributed by atoms with Crippen molar-refractivity contribution in [2.24, 2.45) is 0 Å². The van der Waals surface area contributed by atoms with Gasteiger partial charge in [-0.3, -0.25) is 0 Å². The number of esters is 1. The van der Waals surface area contributed by atoms with Crippen LogP contribution in [0.5, 0.6) is 0 Å². The molecule has 1 N–H and O–H groups in total. The predicted molar refractivity (Wildman–Crippen MR) is 33.4 cm³/mol. The zero-order valence-electron chi connectivity index (χ0n) is 6.24. The van der Waals surface area contributed by atoms with Gasteiger partial charge >= 0.3 is 11.9 Å². The van der Waals surface area contributed by atoms with Crippen LogP contribution in [0.2, 0.25) is 0 Å². The Morgan fingerprint density at radius 3 is 2.36 bits per heavy atom. The molecule has 5 heteroatoms. The van der Waals surface area contributed by atoms with Gasteiger partial charge in [0.05, 0.1) is 6.61 Å². The zero-order valence-corrected chi connectivity index (χ0v) is 10.3. The van der Waals surface area contributed by atoms with E-state index in [2.05, 4.69) is 4.74 Å². The Balaban J connectivity index is 0. The van der Waals surface area contributed by atoms with Gasteiger partial charge in [0.25, 0.3) is 0 Å². The van der Waals surface area contributed by atoms with Gasteiger partial charge in [-0.05, 0) is 6.92 Å². The van der Waals surface area contributed by atoms with Crippen LogP contribution in [0.3, 0.4) is 0 Å². The average Bonchev–Trinajstić information content (AvgIpc) is 1.85. The van der Waals surface area contributed by atoms with Crippen molar-refractivity contribution in [2.45, 2.75) is 6.92 Å². The molecule has 0 aromatic heterocycles. The monoisotopic (exact) mass is 258 g/mol. The molecular formula is C6H8CdO4. The number of carboxylic acids is 1. The summed E-state index contributed by atoms with van der Waals surface area (Å²) in [5.74, 6) is -1.79. The van der Waals surface area contributed by atoms with Crippen molar-refractivity contribution in [1.82, 2.24) is 0 Å². The average molecular weight is 257 g/mol. The summed E-state index contributed by atoms with van der Waals surface area (Å²) >= 11 is 0. The molecular weight excluding hydrogens is 248 g/mol. The molecule has 0 aliphatic heterocycles. The van der Waals surface area contributed by atoms with E-state index in [0.717, 1.165) is 12.2 Å². The van der Waals surface area contributed by atoms with Crippen molar-refractivity contribution in [3.05, 3.63) is 12.2 Å². The number of carboxylic acid groups (broad SMARTS) is 1. The number of hydrogen-bond donors (Lipinski definition) is 1. The Hall–Kier alpha value is -0.398. The van der Waals surface area contributed by atoms with Crippen molar-refractivity contribution < 1.29 is 46.7 Å². The predicted octanol–water partition coefficient (Wildman–Crippen LogP) is 0.188. The first-order valence-electron chi connectivity index (χ1n) is 2.74. The van der Waals surface area contributed by atoms with Crippen LogP contribution in [0.1, 0.15) is 6.92 Å². The maximum Gasteiger partial charge on any atom is 0.330 e. The van der Waals surface area contributed by atoms with Crippen LogP contribution in [-0.2, 0) is 41.6 Å². The van der Waals surface area contributed by atoms with E-state index in [-0.39, 0.29) is 33.9 Å². The summed E-state index contributed by atoms with van der Waals surface area (Å²) in [7, 11) is 0. The second-order valence-electron chi connectivity index (χ2n) is 1.42. The Labute approximate surface area is 84.4 Å². The van der Waals surface area contributed by atoms with Crippen LogP contribution >= 0.6 is 0 Å². The molecule has 0 aromatic carbocycles. The number of aliphatic carboxylic acids is 1. The van der Waals surface area contributed by atoms with Gasteiger partial charge in [0.2, 0.25) is 0 Å². The summed E-state index contributed by atoms with van der Waals surface area (Å²) in [6.45, 7) is 1.90. The Morgan fingerprint density at radius 1 is 1.45 bits per heavy atom. The molecule has 0 fully saturated rings. The van der Waals surface area contributed by atoms with Crippen molar-refractivity contribution in [3.63, 3.8) is 0 Å². The maximum atomic E-state index is 10.4. The van der Waals surface area contributed by atoms with E-state index in [9.17, 15) is 9.59 Å². The summed E-state index contributed by atoms with van der Waals surface area (Å²) < 4.78 is 4.40. The number of rotatable bonds is 3. The third-order valence-corrected chi connectivity index (χ3v) is 0.649. The molecule has 0 aliphatic rings. The first-order chi connectivity index (χ1) is 4.66. The molecule has 0 saturated carbocycles. The van der Waals surface area contributed by atoms with Gasteiger partial charge in [-0.15, -0.1) is 0 Å². The molecule has 0 rings (SSSR count). The smallest absolute Gasteiger partial charge is 0.330 e. The fourth-order valence-corrected chi connectivity index (χ4v) is 0.330. The quantitative estimate of drug-likeness (QED) is 0.445. The fraction of sp³-hybridized carbons (Fsp3) is 0.333. The minimum absolute atomic E-state index is 0. The number of carbonyl (C=O) groups is 2. The molecule has 0 unspecified atom stereocenters. The van der Waals surface area contributed by atoms with Crippen LogP contribution in [0, 0.1) is 0 Å². The fourth-order valence-electron chi connectivity index (χ4n) is 0.330. The van der Waals surface area contributed by atoms with E-state index in [1.54, 1.807) is 6.92 Å². The number of ether oxygens (including phenoxy) is 1. The minimum atomic E-state index is -1.16. The summed E-state index contributed by atoms with van der Waals surface area (Å²) in [6.07, 6.45) is 1.60. The Bertz CT molecular complexity index is 164. The second kappa shape index (κ2) is 7.71. The maximum absolute atomic E-state index is 10.4. The van der Waals surface area contributed by atoms with Gasteiger partial charge in [-0.1, -0.05) is 0 Å². The standard InChI is InChI=1S/C6H8O4.Cd/c1-2-10-6(9)4-3-5(7)8;/h3-4H,2H2,1H3,(H,7,8);/b4-3-;. The summed E-state index contributed by atoms with van der Waals surface area (Å²) in [5, 5.41) is 8.04. The van der Waals surface area contributed by atoms with Crippen LogP contribution < -0.4 is 0 Å². The zero-order chi connectivity index (χ0) is 7.98. The molecule has 0 bridgehead atoms. The Kier molecular flexibility index (Phi) is 9.25. The van der Waals surface area contributed by atoms with Crippen LogP contribution in [0.4, 0.5) is 0 Å².